The number of anilines is 1. The van der Waals surface area contributed by atoms with Crippen LogP contribution in [0.1, 0.15) is 10.4 Å². The summed E-state index contributed by atoms with van der Waals surface area (Å²) >= 11 is 0. The summed E-state index contributed by atoms with van der Waals surface area (Å²) in [5.74, 6) is -0.0305. The molecule has 3 rings (SSSR count). The quantitative estimate of drug-likeness (QED) is 0.641. The minimum atomic E-state index is -0.411. The highest BCUT2D eigenvalue weighted by atomic mass is 16.6. The number of non-ortho nitro benzene ring substituents is 1. The van der Waals surface area contributed by atoms with Crippen LogP contribution in [-0.4, -0.2) is 41.9 Å². The van der Waals surface area contributed by atoms with Gasteiger partial charge in [-0.25, -0.2) is 0 Å². The molecule has 0 N–H and O–H groups in total. The molecule has 2 heterocycles. The molecule has 1 aliphatic heterocycles. The van der Waals surface area contributed by atoms with Crippen LogP contribution in [0.2, 0.25) is 0 Å². The zero-order chi connectivity index (χ0) is 15.5. The standard InChI is InChI=1S/C15H15N3O4/c19-15(12-5-10-22-11-12)17-8-6-16(7-9-17)13-1-3-14(4-2-13)18(20)21/h1-5,10-11H,6-9H2. The van der Waals surface area contributed by atoms with Crippen molar-refractivity contribution in [3.05, 3.63) is 58.5 Å². The molecular formula is C15H15N3O4. The van der Waals surface area contributed by atoms with Gasteiger partial charge < -0.3 is 14.2 Å². The van der Waals surface area contributed by atoms with Crippen LogP contribution in [0.5, 0.6) is 0 Å². The van der Waals surface area contributed by atoms with Gasteiger partial charge in [0.05, 0.1) is 16.7 Å². The molecule has 114 valence electrons. The molecule has 1 fully saturated rings. The Labute approximate surface area is 126 Å². The van der Waals surface area contributed by atoms with Crippen LogP contribution in [-0.2, 0) is 0 Å². The molecular weight excluding hydrogens is 286 g/mol. The lowest BCUT2D eigenvalue weighted by molar-refractivity contribution is -0.384. The average Bonchev–Trinajstić information content (AvgIpc) is 3.09. The van der Waals surface area contributed by atoms with E-state index in [1.54, 1.807) is 23.1 Å². The van der Waals surface area contributed by atoms with Crippen molar-refractivity contribution >= 4 is 17.3 Å². The number of hydrogen-bond acceptors (Lipinski definition) is 5. The van der Waals surface area contributed by atoms with E-state index in [1.165, 1.54) is 24.7 Å². The fraction of sp³-hybridized carbons (Fsp3) is 0.267. The van der Waals surface area contributed by atoms with Crippen LogP contribution < -0.4 is 4.90 Å². The maximum absolute atomic E-state index is 12.2. The summed E-state index contributed by atoms with van der Waals surface area (Å²) in [6, 6.07) is 8.14. The third-order valence-corrected chi connectivity index (χ3v) is 3.76. The summed E-state index contributed by atoms with van der Waals surface area (Å²) in [4.78, 5) is 26.3. The minimum Gasteiger partial charge on any atom is -0.472 e. The van der Waals surface area contributed by atoms with Gasteiger partial charge in [0.25, 0.3) is 11.6 Å². The van der Waals surface area contributed by atoms with Crippen molar-refractivity contribution in [2.45, 2.75) is 0 Å². The molecule has 1 aliphatic rings. The molecule has 1 aromatic carbocycles. The number of nitrogens with zero attached hydrogens (tertiary/aromatic N) is 3. The maximum atomic E-state index is 12.2. The number of nitro benzene ring substituents is 1. The molecule has 0 spiro atoms. The van der Waals surface area contributed by atoms with Crippen molar-refractivity contribution in [2.24, 2.45) is 0 Å². The predicted molar refractivity (Wildman–Crippen MR) is 79.9 cm³/mol. The van der Waals surface area contributed by atoms with Gasteiger partial charge in [-0.3, -0.25) is 14.9 Å². The van der Waals surface area contributed by atoms with Crippen LogP contribution in [0.25, 0.3) is 0 Å². The van der Waals surface area contributed by atoms with Gasteiger partial charge in [-0.05, 0) is 18.2 Å². The zero-order valence-corrected chi connectivity index (χ0v) is 11.8. The van der Waals surface area contributed by atoms with Gasteiger partial charge in [0.1, 0.15) is 6.26 Å². The minimum absolute atomic E-state index is 0.0305. The largest absolute Gasteiger partial charge is 0.472 e. The van der Waals surface area contributed by atoms with Gasteiger partial charge in [-0.2, -0.15) is 0 Å². The van der Waals surface area contributed by atoms with E-state index in [4.69, 9.17) is 4.42 Å². The summed E-state index contributed by atoms with van der Waals surface area (Å²) in [6.45, 7) is 2.62. The van der Waals surface area contributed by atoms with E-state index in [-0.39, 0.29) is 11.6 Å². The second kappa shape index (κ2) is 5.88. The highest BCUT2D eigenvalue weighted by molar-refractivity contribution is 5.94. The number of hydrogen-bond donors (Lipinski definition) is 0. The Morgan fingerprint density at radius 3 is 2.32 bits per heavy atom. The van der Waals surface area contributed by atoms with Crippen molar-refractivity contribution in [1.29, 1.82) is 0 Å². The first-order chi connectivity index (χ1) is 10.6. The highest BCUT2D eigenvalue weighted by Crippen LogP contribution is 2.21. The number of carbonyl (C=O) groups is 1. The number of furan rings is 1. The van der Waals surface area contributed by atoms with Gasteiger partial charge in [-0.15, -0.1) is 0 Å². The fourth-order valence-corrected chi connectivity index (χ4v) is 2.52. The summed E-state index contributed by atoms with van der Waals surface area (Å²) < 4.78 is 4.93. The lowest BCUT2D eigenvalue weighted by Gasteiger charge is -2.35. The maximum Gasteiger partial charge on any atom is 0.269 e. The molecule has 22 heavy (non-hydrogen) atoms. The Morgan fingerprint density at radius 2 is 1.77 bits per heavy atom. The second-order valence-corrected chi connectivity index (χ2v) is 5.06. The van der Waals surface area contributed by atoms with Crippen LogP contribution in [0, 0.1) is 10.1 Å². The van der Waals surface area contributed by atoms with E-state index in [0.29, 0.717) is 31.7 Å². The SMILES string of the molecule is O=C(c1ccoc1)N1CCN(c2ccc([N+](=O)[O-])cc2)CC1. The molecule has 0 aliphatic carbocycles. The highest BCUT2D eigenvalue weighted by Gasteiger charge is 2.23. The number of carbonyl (C=O) groups excluding carboxylic acids is 1. The van der Waals surface area contributed by atoms with Crippen LogP contribution in [0.3, 0.4) is 0 Å². The van der Waals surface area contributed by atoms with E-state index in [2.05, 4.69) is 4.90 Å². The van der Waals surface area contributed by atoms with E-state index < -0.39 is 4.92 Å². The smallest absolute Gasteiger partial charge is 0.269 e. The summed E-state index contributed by atoms with van der Waals surface area (Å²) in [5.41, 5.74) is 1.57. The molecule has 1 amide bonds. The van der Waals surface area contributed by atoms with E-state index in [0.717, 1.165) is 5.69 Å². The molecule has 7 heteroatoms. The summed E-state index contributed by atoms with van der Waals surface area (Å²) in [6.07, 6.45) is 2.94. The molecule has 1 aromatic heterocycles. The van der Waals surface area contributed by atoms with E-state index in [9.17, 15) is 14.9 Å². The van der Waals surface area contributed by atoms with Gasteiger partial charge in [0.2, 0.25) is 0 Å². The Hall–Kier alpha value is -2.83. The number of benzene rings is 1. The topological polar surface area (TPSA) is 79.8 Å². The van der Waals surface area contributed by atoms with Crippen molar-refractivity contribution in [3.8, 4) is 0 Å². The first-order valence-electron chi connectivity index (χ1n) is 6.96. The average molecular weight is 301 g/mol. The zero-order valence-electron chi connectivity index (χ0n) is 11.8. The molecule has 0 atom stereocenters. The van der Waals surface area contributed by atoms with Crippen molar-refractivity contribution in [2.75, 3.05) is 31.1 Å². The fourth-order valence-electron chi connectivity index (χ4n) is 2.52. The second-order valence-electron chi connectivity index (χ2n) is 5.06. The predicted octanol–water partition coefficient (Wildman–Crippen LogP) is 2.15. The molecule has 1 saturated heterocycles. The number of rotatable bonds is 3. The van der Waals surface area contributed by atoms with Gasteiger partial charge in [0.15, 0.2) is 0 Å². The Balaban J connectivity index is 1.62. The van der Waals surface area contributed by atoms with E-state index >= 15 is 0 Å². The van der Waals surface area contributed by atoms with Gasteiger partial charge >= 0.3 is 0 Å². The first-order valence-corrected chi connectivity index (χ1v) is 6.96. The van der Waals surface area contributed by atoms with Crippen LogP contribution in [0.4, 0.5) is 11.4 Å². The first kappa shape index (κ1) is 14.1. The third kappa shape index (κ3) is 2.78. The Morgan fingerprint density at radius 1 is 1.09 bits per heavy atom. The van der Waals surface area contributed by atoms with Crippen molar-refractivity contribution in [1.82, 2.24) is 4.90 Å². The van der Waals surface area contributed by atoms with Crippen LogP contribution >= 0.6 is 0 Å². The van der Waals surface area contributed by atoms with Gasteiger partial charge in [0, 0.05) is 44.0 Å². The summed E-state index contributed by atoms with van der Waals surface area (Å²) in [5, 5.41) is 10.7. The van der Waals surface area contributed by atoms with Crippen molar-refractivity contribution in [3.63, 3.8) is 0 Å². The molecule has 0 bridgehead atoms. The van der Waals surface area contributed by atoms with E-state index in [1.807, 2.05) is 0 Å². The monoisotopic (exact) mass is 301 g/mol. The lowest BCUT2D eigenvalue weighted by atomic mass is 10.2. The number of amides is 1. The molecule has 2 aromatic rings. The Bertz CT molecular complexity index is 659. The molecule has 7 nitrogen and oxygen atoms in total. The van der Waals surface area contributed by atoms with Gasteiger partial charge in [-0.1, -0.05) is 0 Å². The molecule has 0 radical (unpaired) electrons. The normalized spacial score (nSPS) is 14.9. The number of nitro groups is 1. The molecule has 0 saturated carbocycles. The number of piperazine rings is 1. The third-order valence-electron chi connectivity index (χ3n) is 3.76. The molecule has 0 unspecified atom stereocenters. The lowest BCUT2D eigenvalue weighted by Crippen LogP contribution is -2.48. The van der Waals surface area contributed by atoms with Crippen molar-refractivity contribution < 1.29 is 14.1 Å². The Kier molecular flexibility index (Phi) is 3.78. The van der Waals surface area contributed by atoms with Crippen LogP contribution in [0.15, 0.2) is 47.3 Å². The summed E-state index contributed by atoms with van der Waals surface area (Å²) in [7, 11) is 0.